The van der Waals surface area contributed by atoms with E-state index in [-0.39, 0.29) is 12.5 Å². The number of nitrogens with zero attached hydrogens (tertiary/aromatic N) is 3. The number of anilines is 2. The van der Waals surface area contributed by atoms with E-state index < -0.39 is 0 Å². The SMILES string of the molecule is Cc1ccc(C)c2sc(N(C)CC(=O)Nc3nccs3)nc12. The highest BCUT2D eigenvalue weighted by Gasteiger charge is 2.14. The van der Waals surface area contributed by atoms with E-state index in [4.69, 9.17) is 0 Å². The lowest BCUT2D eigenvalue weighted by Crippen LogP contribution is -2.29. The van der Waals surface area contributed by atoms with Crippen molar-refractivity contribution in [3.05, 3.63) is 34.8 Å². The number of amides is 1. The van der Waals surface area contributed by atoms with Crippen molar-refractivity contribution >= 4 is 49.1 Å². The van der Waals surface area contributed by atoms with Crippen LogP contribution in [0.3, 0.4) is 0 Å². The monoisotopic (exact) mass is 332 g/mol. The number of hydrogen-bond donors (Lipinski definition) is 1. The van der Waals surface area contributed by atoms with Crippen LogP contribution in [0.4, 0.5) is 10.3 Å². The van der Waals surface area contributed by atoms with Crippen LogP contribution in [0.5, 0.6) is 0 Å². The number of benzene rings is 1. The summed E-state index contributed by atoms with van der Waals surface area (Å²) in [5.41, 5.74) is 3.39. The largest absolute Gasteiger partial charge is 0.342 e. The Balaban J connectivity index is 1.77. The van der Waals surface area contributed by atoms with Gasteiger partial charge >= 0.3 is 0 Å². The molecule has 0 unspecified atom stereocenters. The van der Waals surface area contributed by atoms with E-state index >= 15 is 0 Å². The van der Waals surface area contributed by atoms with E-state index in [9.17, 15) is 4.79 Å². The van der Waals surface area contributed by atoms with Crippen LogP contribution in [0.2, 0.25) is 0 Å². The second-order valence-corrected chi connectivity index (χ2v) is 6.99. The Hall–Kier alpha value is -1.99. The molecule has 0 aliphatic rings. The van der Waals surface area contributed by atoms with E-state index in [1.165, 1.54) is 21.6 Å². The molecule has 2 aromatic heterocycles. The highest BCUT2D eigenvalue weighted by molar-refractivity contribution is 7.22. The highest BCUT2D eigenvalue weighted by Crippen LogP contribution is 2.32. The van der Waals surface area contributed by atoms with Crippen molar-refractivity contribution < 1.29 is 4.79 Å². The molecule has 0 radical (unpaired) electrons. The molecule has 0 atom stereocenters. The van der Waals surface area contributed by atoms with Gasteiger partial charge in [0.2, 0.25) is 5.91 Å². The molecule has 0 spiro atoms. The molecule has 1 N–H and O–H groups in total. The molecule has 1 amide bonds. The third-order valence-electron chi connectivity index (χ3n) is 3.32. The zero-order valence-corrected chi connectivity index (χ0v) is 14.2. The quantitative estimate of drug-likeness (QED) is 0.795. The topological polar surface area (TPSA) is 58.1 Å². The van der Waals surface area contributed by atoms with Crippen molar-refractivity contribution in [1.82, 2.24) is 9.97 Å². The maximum Gasteiger partial charge on any atom is 0.245 e. The van der Waals surface area contributed by atoms with Crippen LogP contribution in [0, 0.1) is 13.8 Å². The first-order valence-corrected chi connectivity index (χ1v) is 8.51. The third-order valence-corrected chi connectivity index (χ3v) is 5.31. The van der Waals surface area contributed by atoms with Gasteiger partial charge in [-0.15, -0.1) is 11.3 Å². The standard InChI is InChI=1S/C15H16N4OS2/c1-9-4-5-10(2)13-12(9)18-15(22-13)19(3)8-11(20)17-14-16-6-7-21-14/h4-7H,8H2,1-3H3,(H,16,17,20). The molecule has 2 heterocycles. The summed E-state index contributed by atoms with van der Waals surface area (Å²) in [6.07, 6.45) is 1.67. The van der Waals surface area contributed by atoms with Crippen LogP contribution in [-0.2, 0) is 4.79 Å². The second kappa shape index (κ2) is 6.02. The fourth-order valence-electron chi connectivity index (χ4n) is 2.14. The average Bonchev–Trinajstić information content (AvgIpc) is 3.12. The van der Waals surface area contributed by atoms with Crippen molar-refractivity contribution in [1.29, 1.82) is 0 Å². The van der Waals surface area contributed by atoms with Gasteiger partial charge in [0.05, 0.1) is 16.8 Å². The molecule has 0 fully saturated rings. The highest BCUT2D eigenvalue weighted by atomic mass is 32.1. The first-order chi connectivity index (χ1) is 10.5. The van der Waals surface area contributed by atoms with Crippen LogP contribution >= 0.6 is 22.7 Å². The van der Waals surface area contributed by atoms with Gasteiger partial charge in [-0.1, -0.05) is 23.5 Å². The van der Waals surface area contributed by atoms with Crippen LogP contribution in [0.15, 0.2) is 23.7 Å². The molecule has 0 aliphatic carbocycles. The lowest BCUT2D eigenvalue weighted by atomic mass is 10.1. The number of carbonyl (C=O) groups is 1. The molecule has 0 aliphatic heterocycles. The van der Waals surface area contributed by atoms with Crippen LogP contribution in [-0.4, -0.2) is 29.5 Å². The maximum atomic E-state index is 12.0. The lowest BCUT2D eigenvalue weighted by Gasteiger charge is -2.14. The summed E-state index contributed by atoms with van der Waals surface area (Å²) < 4.78 is 1.18. The van der Waals surface area contributed by atoms with Gasteiger partial charge in [-0.3, -0.25) is 4.79 Å². The molecule has 0 bridgehead atoms. The summed E-state index contributed by atoms with van der Waals surface area (Å²) in [4.78, 5) is 22.6. The molecular weight excluding hydrogens is 316 g/mol. The molecule has 3 aromatic rings. The van der Waals surface area contributed by atoms with Crippen molar-refractivity contribution in [3.8, 4) is 0 Å². The Morgan fingerprint density at radius 2 is 2.09 bits per heavy atom. The second-order valence-electron chi connectivity index (χ2n) is 5.12. The number of nitrogens with one attached hydrogen (secondary N) is 1. The zero-order valence-electron chi connectivity index (χ0n) is 12.6. The van der Waals surface area contributed by atoms with Crippen molar-refractivity contribution in [3.63, 3.8) is 0 Å². The molecule has 0 saturated heterocycles. The predicted octanol–water partition coefficient (Wildman–Crippen LogP) is 3.44. The molecular formula is C15H16N4OS2. The predicted molar refractivity (Wildman–Crippen MR) is 93.1 cm³/mol. The Morgan fingerprint density at radius 1 is 1.32 bits per heavy atom. The molecule has 114 valence electrons. The Kier molecular flexibility index (Phi) is 4.08. The van der Waals surface area contributed by atoms with Gasteiger partial charge < -0.3 is 10.2 Å². The summed E-state index contributed by atoms with van der Waals surface area (Å²) in [5, 5.41) is 6.08. The molecule has 0 saturated carbocycles. The number of aryl methyl sites for hydroxylation is 2. The summed E-state index contributed by atoms with van der Waals surface area (Å²) in [7, 11) is 1.88. The van der Waals surface area contributed by atoms with Gasteiger partial charge in [0.15, 0.2) is 10.3 Å². The number of hydrogen-bond acceptors (Lipinski definition) is 6. The van der Waals surface area contributed by atoms with E-state index in [1.54, 1.807) is 17.5 Å². The van der Waals surface area contributed by atoms with E-state index in [0.717, 1.165) is 16.2 Å². The first kappa shape index (κ1) is 14.9. The number of carbonyl (C=O) groups excluding carboxylic acids is 1. The minimum atomic E-state index is -0.0925. The van der Waals surface area contributed by atoms with Gasteiger partial charge in [0.1, 0.15) is 0 Å². The fourth-order valence-corrected chi connectivity index (χ4v) is 3.76. The summed E-state index contributed by atoms with van der Waals surface area (Å²) in [6, 6.07) is 4.19. The van der Waals surface area contributed by atoms with Crippen LogP contribution in [0.25, 0.3) is 10.2 Å². The van der Waals surface area contributed by atoms with E-state index in [2.05, 4.69) is 41.3 Å². The Morgan fingerprint density at radius 3 is 2.77 bits per heavy atom. The summed E-state index contributed by atoms with van der Waals surface area (Å²) >= 11 is 3.03. The first-order valence-electron chi connectivity index (χ1n) is 6.82. The Labute approximate surface area is 136 Å². The third kappa shape index (κ3) is 2.95. The normalized spacial score (nSPS) is 10.9. The number of likely N-dealkylation sites (N-methyl/N-ethyl adjacent to an activating group) is 1. The molecule has 3 rings (SSSR count). The molecule has 5 nitrogen and oxygen atoms in total. The van der Waals surface area contributed by atoms with Crippen molar-refractivity contribution in [2.75, 3.05) is 23.8 Å². The number of rotatable bonds is 4. The minimum absolute atomic E-state index is 0.0925. The minimum Gasteiger partial charge on any atom is -0.342 e. The van der Waals surface area contributed by atoms with Crippen molar-refractivity contribution in [2.45, 2.75) is 13.8 Å². The van der Waals surface area contributed by atoms with Gasteiger partial charge in [0, 0.05) is 18.6 Å². The van der Waals surface area contributed by atoms with E-state index in [0.29, 0.717) is 5.13 Å². The smallest absolute Gasteiger partial charge is 0.245 e. The zero-order chi connectivity index (χ0) is 15.7. The average molecular weight is 332 g/mol. The van der Waals surface area contributed by atoms with Crippen molar-refractivity contribution in [2.24, 2.45) is 0 Å². The fraction of sp³-hybridized carbons (Fsp3) is 0.267. The van der Waals surface area contributed by atoms with Gasteiger partial charge in [-0.05, 0) is 25.0 Å². The van der Waals surface area contributed by atoms with Crippen LogP contribution in [0.1, 0.15) is 11.1 Å². The number of fused-ring (bicyclic) bond motifs is 1. The Bertz CT molecular complexity index is 771. The number of thiazole rings is 2. The molecule has 7 heteroatoms. The lowest BCUT2D eigenvalue weighted by molar-refractivity contribution is -0.114. The maximum absolute atomic E-state index is 12.0. The summed E-state index contributed by atoms with van der Waals surface area (Å²) in [5.74, 6) is -0.0925. The van der Waals surface area contributed by atoms with Gasteiger partial charge in [0.25, 0.3) is 0 Å². The van der Waals surface area contributed by atoms with Gasteiger partial charge in [-0.25, -0.2) is 9.97 Å². The molecule has 1 aromatic carbocycles. The summed E-state index contributed by atoms with van der Waals surface area (Å²) in [6.45, 7) is 4.39. The van der Waals surface area contributed by atoms with Gasteiger partial charge in [-0.2, -0.15) is 0 Å². The molecule has 22 heavy (non-hydrogen) atoms. The number of aromatic nitrogens is 2. The van der Waals surface area contributed by atoms with Crippen LogP contribution < -0.4 is 10.2 Å². The van der Waals surface area contributed by atoms with E-state index in [1.807, 2.05) is 17.3 Å².